The molecule has 0 saturated carbocycles. The second kappa shape index (κ2) is 13.6. The molecule has 142 valence electrons. The summed E-state index contributed by atoms with van der Waals surface area (Å²) in [5.41, 5.74) is 0. The molecule has 0 fully saturated rings. The van der Waals surface area contributed by atoms with Gasteiger partial charge in [0.2, 0.25) is 5.91 Å². The maximum absolute atomic E-state index is 11.5. The normalized spacial score (nSPS) is 11.8. The third-order valence-corrected chi connectivity index (χ3v) is 3.03. The molecule has 1 aromatic rings. The van der Waals surface area contributed by atoms with Crippen LogP contribution in [0.2, 0.25) is 0 Å². The first-order valence-electron chi connectivity index (χ1n) is 8.18. The van der Waals surface area contributed by atoms with E-state index in [1.54, 1.807) is 7.11 Å². The minimum Gasteiger partial charge on any atom is -0.497 e. The van der Waals surface area contributed by atoms with Crippen molar-refractivity contribution in [2.45, 2.75) is 26.9 Å². The minimum atomic E-state index is -0.101. The van der Waals surface area contributed by atoms with Crippen LogP contribution >= 0.6 is 24.0 Å². The van der Waals surface area contributed by atoms with Gasteiger partial charge in [0.25, 0.3) is 0 Å². The third-order valence-electron chi connectivity index (χ3n) is 3.03. The first-order valence-corrected chi connectivity index (χ1v) is 8.18. The zero-order valence-electron chi connectivity index (χ0n) is 15.3. The molecule has 0 radical (unpaired) electrons. The van der Waals surface area contributed by atoms with Crippen LogP contribution < -0.4 is 25.4 Å². The Balaban J connectivity index is 0.00000576. The maximum Gasteiger partial charge on any atom is 0.241 e. The number of benzene rings is 1. The molecule has 0 heterocycles. The molecule has 0 spiro atoms. The number of rotatable bonds is 9. The van der Waals surface area contributed by atoms with E-state index in [1.165, 1.54) is 0 Å². The topological polar surface area (TPSA) is 84.0 Å². The van der Waals surface area contributed by atoms with Crippen LogP contribution in [-0.2, 0) is 4.79 Å². The molecule has 8 heteroatoms. The number of carbonyl (C=O) groups excluding carboxylic acids is 1. The Labute approximate surface area is 167 Å². The molecule has 1 rings (SSSR count). The van der Waals surface area contributed by atoms with E-state index in [-0.39, 0.29) is 42.5 Å². The quantitative estimate of drug-likeness (QED) is 0.295. The number of methoxy groups -OCH3 is 1. The fourth-order valence-electron chi connectivity index (χ4n) is 1.93. The van der Waals surface area contributed by atoms with Crippen LogP contribution in [-0.4, -0.2) is 51.3 Å². The Morgan fingerprint density at radius 3 is 2.48 bits per heavy atom. The van der Waals surface area contributed by atoms with Gasteiger partial charge in [-0.05, 0) is 32.9 Å². The van der Waals surface area contributed by atoms with Gasteiger partial charge in [0, 0.05) is 19.2 Å². The summed E-state index contributed by atoms with van der Waals surface area (Å²) in [6.07, 6.45) is -0.0783. The first-order chi connectivity index (χ1) is 11.6. The van der Waals surface area contributed by atoms with Gasteiger partial charge in [0.1, 0.15) is 24.1 Å². The fraction of sp³-hybridized carbons (Fsp3) is 0.529. The van der Waals surface area contributed by atoms with Gasteiger partial charge in [-0.1, -0.05) is 6.07 Å². The Morgan fingerprint density at radius 2 is 1.84 bits per heavy atom. The smallest absolute Gasteiger partial charge is 0.241 e. The monoisotopic (exact) mass is 464 g/mol. The molecule has 25 heavy (non-hydrogen) atoms. The van der Waals surface area contributed by atoms with E-state index in [4.69, 9.17) is 9.47 Å². The largest absolute Gasteiger partial charge is 0.497 e. The Kier molecular flexibility index (Phi) is 12.6. The maximum atomic E-state index is 11.5. The first kappa shape index (κ1) is 23.3. The van der Waals surface area contributed by atoms with Crippen molar-refractivity contribution in [2.24, 2.45) is 4.99 Å². The summed E-state index contributed by atoms with van der Waals surface area (Å²) in [7, 11) is 1.62. The standard InChI is InChI=1S/C17H28N4O3.HI/c1-5-18-16(22)12-21-17(19-6-2)20-11-13(3)24-15-9-7-8-14(10-15)23-4;/h7-10,13H,5-6,11-12H2,1-4H3,(H,18,22)(H2,19,20,21);1H. The lowest BCUT2D eigenvalue weighted by Crippen LogP contribution is -2.42. The number of amides is 1. The van der Waals surface area contributed by atoms with E-state index in [0.717, 1.165) is 11.5 Å². The highest BCUT2D eigenvalue weighted by atomic mass is 127. The van der Waals surface area contributed by atoms with Gasteiger partial charge in [-0.2, -0.15) is 0 Å². The van der Waals surface area contributed by atoms with E-state index in [9.17, 15) is 4.79 Å². The van der Waals surface area contributed by atoms with E-state index < -0.39 is 0 Å². The van der Waals surface area contributed by atoms with Crippen molar-refractivity contribution in [1.82, 2.24) is 16.0 Å². The highest BCUT2D eigenvalue weighted by Crippen LogP contribution is 2.19. The van der Waals surface area contributed by atoms with Crippen LogP contribution in [0.3, 0.4) is 0 Å². The summed E-state index contributed by atoms with van der Waals surface area (Å²) in [5, 5.41) is 8.98. The molecule has 0 aliphatic rings. The zero-order valence-corrected chi connectivity index (χ0v) is 17.6. The molecule has 0 bridgehead atoms. The van der Waals surface area contributed by atoms with Gasteiger partial charge < -0.3 is 25.4 Å². The predicted molar refractivity (Wildman–Crippen MR) is 111 cm³/mol. The Bertz CT molecular complexity index is 540. The van der Waals surface area contributed by atoms with Gasteiger partial charge in [-0.3, -0.25) is 4.79 Å². The molecule has 0 aliphatic carbocycles. The van der Waals surface area contributed by atoms with E-state index in [1.807, 2.05) is 45.0 Å². The number of aliphatic imine (C=N–C) groups is 1. The van der Waals surface area contributed by atoms with Crippen LogP contribution in [0.15, 0.2) is 29.3 Å². The van der Waals surface area contributed by atoms with Crippen LogP contribution in [0.25, 0.3) is 0 Å². The number of likely N-dealkylation sites (N-methyl/N-ethyl adjacent to an activating group) is 1. The minimum absolute atomic E-state index is 0. The van der Waals surface area contributed by atoms with Crippen LogP contribution in [0.5, 0.6) is 11.5 Å². The summed E-state index contributed by atoms with van der Waals surface area (Å²) >= 11 is 0. The van der Waals surface area contributed by atoms with Crippen LogP contribution in [0.4, 0.5) is 0 Å². The van der Waals surface area contributed by atoms with Gasteiger partial charge in [0.05, 0.1) is 13.7 Å². The molecule has 0 aliphatic heterocycles. The summed E-state index contributed by atoms with van der Waals surface area (Å²) in [6, 6.07) is 7.47. The van der Waals surface area contributed by atoms with Gasteiger partial charge in [-0.25, -0.2) is 4.99 Å². The highest BCUT2D eigenvalue weighted by molar-refractivity contribution is 14.0. The summed E-state index contributed by atoms with van der Waals surface area (Å²) in [4.78, 5) is 15.7. The number of nitrogens with zero attached hydrogens (tertiary/aromatic N) is 1. The summed E-state index contributed by atoms with van der Waals surface area (Å²) in [5.74, 6) is 1.98. The van der Waals surface area contributed by atoms with Crippen molar-refractivity contribution in [3.63, 3.8) is 0 Å². The molecule has 1 unspecified atom stereocenters. The van der Waals surface area contributed by atoms with Crippen LogP contribution in [0, 0.1) is 0 Å². The lowest BCUT2D eigenvalue weighted by Gasteiger charge is -2.18. The summed E-state index contributed by atoms with van der Waals surface area (Å²) in [6.45, 7) is 7.77. The molecular formula is C17H29IN4O3. The van der Waals surface area contributed by atoms with E-state index >= 15 is 0 Å². The van der Waals surface area contributed by atoms with Crippen molar-refractivity contribution >= 4 is 35.8 Å². The summed E-state index contributed by atoms with van der Waals surface area (Å²) < 4.78 is 11.0. The van der Waals surface area contributed by atoms with Gasteiger partial charge in [0.15, 0.2) is 5.96 Å². The number of guanidine groups is 1. The fourth-order valence-corrected chi connectivity index (χ4v) is 1.93. The number of hydrogen-bond donors (Lipinski definition) is 3. The molecule has 3 N–H and O–H groups in total. The number of hydrogen-bond acceptors (Lipinski definition) is 4. The van der Waals surface area contributed by atoms with Crippen molar-refractivity contribution < 1.29 is 14.3 Å². The number of nitrogens with one attached hydrogen (secondary N) is 3. The molecule has 1 amide bonds. The van der Waals surface area contributed by atoms with E-state index in [0.29, 0.717) is 25.6 Å². The van der Waals surface area contributed by atoms with Crippen molar-refractivity contribution in [2.75, 3.05) is 33.3 Å². The molecule has 1 aromatic carbocycles. The van der Waals surface area contributed by atoms with Crippen LogP contribution in [0.1, 0.15) is 20.8 Å². The highest BCUT2D eigenvalue weighted by Gasteiger charge is 2.07. The zero-order chi connectivity index (χ0) is 17.8. The Hall–Kier alpha value is -1.71. The van der Waals surface area contributed by atoms with E-state index in [2.05, 4.69) is 20.9 Å². The average Bonchev–Trinajstić information content (AvgIpc) is 2.57. The molecule has 7 nitrogen and oxygen atoms in total. The lowest BCUT2D eigenvalue weighted by atomic mass is 10.3. The Morgan fingerprint density at radius 1 is 1.16 bits per heavy atom. The number of carbonyl (C=O) groups is 1. The van der Waals surface area contributed by atoms with Crippen molar-refractivity contribution in [1.29, 1.82) is 0 Å². The van der Waals surface area contributed by atoms with Crippen molar-refractivity contribution in [3.05, 3.63) is 24.3 Å². The third kappa shape index (κ3) is 10.0. The average molecular weight is 464 g/mol. The second-order valence-corrected chi connectivity index (χ2v) is 5.14. The SMILES string of the molecule is CCNC(=O)CN=C(NCC)NCC(C)Oc1cccc(OC)c1.I. The molecule has 0 saturated heterocycles. The molecule has 0 aromatic heterocycles. The predicted octanol–water partition coefficient (Wildman–Crippen LogP) is 1.77. The van der Waals surface area contributed by atoms with Gasteiger partial charge in [-0.15, -0.1) is 24.0 Å². The lowest BCUT2D eigenvalue weighted by molar-refractivity contribution is -0.119. The molecule has 1 atom stereocenters. The van der Waals surface area contributed by atoms with Gasteiger partial charge >= 0.3 is 0 Å². The molecular weight excluding hydrogens is 435 g/mol. The second-order valence-electron chi connectivity index (χ2n) is 5.14. The number of ether oxygens (including phenoxy) is 2. The van der Waals surface area contributed by atoms with Crippen molar-refractivity contribution in [3.8, 4) is 11.5 Å². The number of halogens is 1.